The molecular formula is C15H15N3O3. The van der Waals surface area contributed by atoms with E-state index in [-0.39, 0.29) is 12.7 Å². The van der Waals surface area contributed by atoms with Gasteiger partial charge in [-0.05, 0) is 31.2 Å². The molecule has 6 heteroatoms. The van der Waals surface area contributed by atoms with Gasteiger partial charge in [0, 0.05) is 30.1 Å². The highest BCUT2D eigenvalue weighted by Crippen LogP contribution is 2.34. The van der Waals surface area contributed by atoms with Crippen molar-refractivity contribution in [3.8, 4) is 11.5 Å². The number of amides is 1. The number of aromatic nitrogens is 1. The van der Waals surface area contributed by atoms with Crippen molar-refractivity contribution in [1.82, 2.24) is 4.98 Å². The second-order valence-corrected chi connectivity index (χ2v) is 4.48. The van der Waals surface area contributed by atoms with E-state index in [1.54, 1.807) is 36.5 Å². The van der Waals surface area contributed by atoms with Crippen LogP contribution in [0.3, 0.4) is 0 Å². The van der Waals surface area contributed by atoms with Gasteiger partial charge in [-0.1, -0.05) is 0 Å². The van der Waals surface area contributed by atoms with E-state index in [4.69, 9.17) is 9.47 Å². The van der Waals surface area contributed by atoms with E-state index in [9.17, 15) is 4.79 Å². The Morgan fingerprint density at radius 3 is 2.95 bits per heavy atom. The van der Waals surface area contributed by atoms with E-state index in [2.05, 4.69) is 15.6 Å². The van der Waals surface area contributed by atoms with Crippen molar-refractivity contribution in [2.45, 2.75) is 6.92 Å². The number of fused-ring (bicyclic) bond motifs is 1. The lowest BCUT2D eigenvalue weighted by atomic mass is 10.2. The van der Waals surface area contributed by atoms with Crippen molar-refractivity contribution in [3.63, 3.8) is 0 Å². The van der Waals surface area contributed by atoms with Gasteiger partial charge in [0.15, 0.2) is 11.5 Å². The molecule has 1 aromatic carbocycles. The van der Waals surface area contributed by atoms with Crippen LogP contribution in [0, 0.1) is 0 Å². The van der Waals surface area contributed by atoms with Crippen LogP contribution in [0.2, 0.25) is 0 Å². The summed E-state index contributed by atoms with van der Waals surface area (Å²) in [5.41, 5.74) is 1.20. The first-order valence-electron chi connectivity index (χ1n) is 6.67. The van der Waals surface area contributed by atoms with Gasteiger partial charge in [-0.25, -0.2) is 4.98 Å². The van der Waals surface area contributed by atoms with Gasteiger partial charge in [0.2, 0.25) is 6.79 Å². The summed E-state index contributed by atoms with van der Waals surface area (Å²) in [6.07, 6.45) is 1.60. The zero-order valence-corrected chi connectivity index (χ0v) is 11.6. The molecule has 0 fully saturated rings. The third-order valence-electron chi connectivity index (χ3n) is 3.01. The summed E-state index contributed by atoms with van der Waals surface area (Å²) in [5, 5.41) is 5.90. The van der Waals surface area contributed by atoms with E-state index in [1.807, 2.05) is 6.92 Å². The van der Waals surface area contributed by atoms with Gasteiger partial charge in [-0.3, -0.25) is 4.79 Å². The largest absolute Gasteiger partial charge is 0.454 e. The summed E-state index contributed by atoms with van der Waals surface area (Å²) in [4.78, 5) is 16.4. The normalized spacial score (nSPS) is 12.0. The Kier molecular flexibility index (Phi) is 3.59. The molecule has 0 radical (unpaired) electrons. The molecular weight excluding hydrogens is 270 g/mol. The molecule has 1 amide bonds. The predicted molar refractivity (Wildman–Crippen MR) is 78.9 cm³/mol. The molecule has 0 spiro atoms. The van der Waals surface area contributed by atoms with Gasteiger partial charge < -0.3 is 20.1 Å². The van der Waals surface area contributed by atoms with E-state index in [1.165, 1.54) is 0 Å². The zero-order valence-electron chi connectivity index (χ0n) is 11.6. The molecule has 3 rings (SSSR count). The number of hydrogen-bond acceptors (Lipinski definition) is 5. The Bertz CT molecular complexity index is 673. The average molecular weight is 285 g/mol. The maximum atomic E-state index is 12.2. The van der Waals surface area contributed by atoms with E-state index in [0.29, 0.717) is 28.6 Å². The number of nitrogens with zero attached hydrogens (tertiary/aromatic N) is 1. The maximum Gasteiger partial charge on any atom is 0.255 e. The number of carbonyl (C=O) groups is 1. The topological polar surface area (TPSA) is 72.5 Å². The third kappa shape index (κ3) is 2.89. The molecule has 0 bridgehead atoms. The predicted octanol–water partition coefficient (Wildman–Crippen LogP) is 2.49. The smallest absolute Gasteiger partial charge is 0.255 e. The first kappa shape index (κ1) is 13.2. The Morgan fingerprint density at radius 1 is 1.24 bits per heavy atom. The molecule has 2 heterocycles. The maximum absolute atomic E-state index is 12.2. The standard InChI is InChI=1S/C15H15N3O3/c1-2-16-14-7-10(5-6-17-14)15(19)18-11-3-4-12-13(8-11)21-9-20-12/h3-8H,2,9H2,1H3,(H,16,17)(H,18,19). The van der Waals surface area contributed by atoms with Crippen LogP contribution in [-0.2, 0) is 0 Å². The summed E-state index contributed by atoms with van der Waals surface area (Å²) in [5.74, 6) is 1.80. The summed E-state index contributed by atoms with van der Waals surface area (Å²) in [7, 11) is 0. The van der Waals surface area contributed by atoms with Crippen LogP contribution in [0.15, 0.2) is 36.5 Å². The number of pyridine rings is 1. The fourth-order valence-electron chi connectivity index (χ4n) is 2.03. The molecule has 0 saturated heterocycles. The van der Waals surface area contributed by atoms with Gasteiger partial charge in [-0.15, -0.1) is 0 Å². The lowest BCUT2D eigenvalue weighted by Gasteiger charge is -2.07. The monoisotopic (exact) mass is 285 g/mol. The Labute approximate surface area is 122 Å². The minimum atomic E-state index is -0.199. The van der Waals surface area contributed by atoms with Crippen LogP contribution in [0.5, 0.6) is 11.5 Å². The number of benzene rings is 1. The van der Waals surface area contributed by atoms with Crippen LogP contribution in [0.1, 0.15) is 17.3 Å². The molecule has 6 nitrogen and oxygen atoms in total. The molecule has 21 heavy (non-hydrogen) atoms. The molecule has 2 N–H and O–H groups in total. The van der Waals surface area contributed by atoms with Crippen molar-refractivity contribution in [2.24, 2.45) is 0 Å². The SMILES string of the molecule is CCNc1cc(C(=O)Nc2ccc3c(c2)OCO3)ccn1. The molecule has 0 atom stereocenters. The molecule has 1 aliphatic rings. The first-order chi connectivity index (χ1) is 10.3. The third-order valence-corrected chi connectivity index (χ3v) is 3.01. The zero-order chi connectivity index (χ0) is 14.7. The van der Waals surface area contributed by atoms with Crippen LogP contribution >= 0.6 is 0 Å². The van der Waals surface area contributed by atoms with Crippen molar-refractivity contribution in [3.05, 3.63) is 42.1 Å². The molecule has 0 saturated carbocycles. The Morgan fingerprint density at radius 2 is 2.10 bits per heavy atom. The van der Waals surface area contributed by atoms with Gasteiger partial charge in [0.1, 0.15) is 5.82 Å². The van der Waals surface area contributed by atoms with Gasteiger partial charge in [0.25, 0.3) is 5.91 Å². The second kappa shape index (κ2) is 5.70. The number of ether oxygens (including phenoxy) is 2. The summed E-state index contributed by atoms with van der Waals surface area (Å²) in [6.45, 7) is 2.93. The van der Waals surface area contributed by atoms with Crippen molar-refractivity contribution in [2.75, 3.05) is 24.0 Å². The number of hydrogen-bond donors (Lipinski definition) is 2. The number of nitrogens with one attached hydrogen (secondary N) is 2. The number of rotatable bonds is 4. The van der Waals surface area contributed by atoms with Gasteiger partial charge >= 0.3 is 0 Å². The van der Waals surface area contributed by atoms with Crippen molar-refractivity contribution >= 4 is 17.4 Å². The van der Waals surface area contributed by atoms with E-state index >= 15 is 0 Å². The van der Waals surface area contributed by atoms with Crippen molar-refractivity contribution < 1.29 is 14.3 Å². The molecule has 0 aliphatic carbocycles. The van der Waals surface area contributed by atoms with E-state index < -0.39 is 0 Å². The van der Waals surface area contributed by atoms with Gasteiger partial charge in [-0.2, -0.15) is 0 Å². The fourth-order valence-corrected chi connectivity index (χ4v) is 2.03. The van der Waals surface area contributed by atoms with Gasteiger partial charge in [0.05, 0.1) is 0 Å². The van der Waals surface area contributed by atoms with E-state index in [0.717, 1.165) is 6.54 Å². The number of carbonyl (C=O) groups excluding carboxylic acids is 1. The summed E-state index contributed by atoms with van der Waals surface area (Å²) < 4.78 is 10.5. The lowest BCUT2D eigenvalue weighted by molar-refractivity contribution is 0.102. The van der Waals surface area contributed by atoms with Crippen LogP contribution in [-0.4, -0.2) is 24.2 Å². The van der Waals surface area contributed by atoms with Crippen LogP contribution < -0.4 is 20.1 Å². The number of anilines is 2. The Balaban J connectivity index is 1.75. The minimum Gasteiger partial charge on any atom is -0.454 e. The average Bonchev–Trinajstić information content (AvgIpc) is 2.95. The molecule has 2 aromatic rings. The molecule has 1 aliphatic heterocycles. The Hall–Kier alpha value is -2.76. The highest BCUT2D eigenvalue weighted by molar-refractivity contribution is 6.04. The van der Waals surface area contributed by atoms with Crippen LogP contribution in [0.25, 0.3) is 0 Å². The highest BCUT2D eigenvalue weighted by atomic mass is 16.7. The highest BCUT2D eigenvalue weighted by Gasteiger charge is 2.14. The quantitative estimate of drug-likeness (QED) is 0.903. The second-order valence-electron chi connectivity index (χ2n) is 4.48. The summed E-state index contributed by atoms with van der Waals surface area (Å²) in [6, 6.07) is 8.67. The van der Waals surface area contributed by atoms with Crippen LogP contribution in [0.4, 0.5) is 11.5 Å². The summed E-state index contributed by atoms with van der Waals surface area (Å²) >= 11 is 0. The minimum absolute atomic E-state index is 0.199. The fraction of sp³-hybridized carbons (Fsp3) is 0.200. The molecule has 108 valence electrons. The molecule has 1 aromatic heterocycles. The van der Waals surface area contributed by atoms with Crippen molar-refractivity contribution in [1.29, 1.82) is 0 Å². The lowest BCUT2D eigenvalue weighted by Crippen LogP contribution is -2.12. The molecule has 0 unspecified atom stereocenters. The first-order valence-corrected chi connectivity index (χ1v) is 6.67.